The normalized spacial score (nSPS) is 11.4. The lowest BCUT2D eigenvalue weighted by molar-refractivity contribution is 0.0785. The maximum atomic E-state index is 12.7. The van der Waals surface area contributed by atoms with E-state index in [0.717, 1.165) is 5.56 Å². The average Bonchev–Trinajstić information content (AvgIpc) is 3.13. The van der Waals surface area contributed by atoms with Crippen LogP contribution in [0.15, 0.2) is 82.5 Å². The van der Waals surface area contributed by atoms with E-state index in [1.807, 2.05) is 30.3 Å². The van der Waals surface area contributed by atoms with E-state index in [4.69, 9.17) is 0 Å². The van der Waals surface area contributed by atoms with Crippen molar-refractivity contribution in [2.24, 2.45) is 0 Å². The number of benzene rings is 3. The first-order valence-corrected chi connectivity index (χ1v) is 10.9. The quantitative estimate of drug-likeness (QED) is 0.431. The number of fused-ring (bicyclic) bond motifs is 1. The fourth-order valence-corrected chi connectivity index (χ4v) is 4.31. The number of aromatic amines is 2. The second-order valence-electron chi connectivity index (χ2n) is 7.12. The molecule has 31 heavy (non-hydrogen) atoms. The Morgan fingerprint density at radius 3 is 2.32 bits per heavy atom. The van der Waals surface area contributed by atoms with Crippen LogP contribution in [0.3, 0.4) is 0 Å². The number of hydrogen-bond acceptors (Lipinski definition) is 4. The number of anilines is 1. The van der Waals surface area contributed by atoms with Crippen molar-refractivity contribution in [2.45, 2.75) is 11.4 Å². The van der Waals surface area contributed by atoms with Crippen molar-refractivity contribution in [3.63, 3.8) is 0 Å². The first-order valence-electron chi connectivity index (χ1n) is 9.46. The summed E-state index contributed by atoms with van der Waals surface area (Å²) in [6, 6.07) is 20.2. The number of rotatable bonds is 6. The largest absolute Gasteiger partial charge is 0.337 e. The first kappa shape index (κ1) is 20.4. The van der Waals surface area contributed by atoms with E-state index in [2.05, 4.69) is 14.7 Å². The lowest BCUT2D eigenvalue weighted by atomic mass is 10.1. The molecule has 3 aromatic carbocycles. The van der Waals surface area contributed by atoms with E-state index in [0.29, 0.717) is 28.8 Å². The third kappa shape index (κ3) is 4.51. The van der Waals surface area contributed by atoms with Crippen LogP contribution in [0.4, 0.5) is 5.69 Å². The number of hydrogen-bond donors (Lipinski definition) is 3. The van der Waals surface area contributed by atoms with Gasteiger partial charge in [0.25, 0.3) is 15.9 Å². The van der Waals surface area contributed by atoms with Gasteiger partial charge < -0.3 is 14.9 Å². The maximum absolute atomic E-state index is 12.7. The van der Waals surface area contributed by atoms with Gasteiger partial charge in [-0.25, -0.2) is 13.2 Å². The Morgan fingerprint density at radius 1 is 0.935 bits per heavy atom. The summed E-state index contributed by atoms with van der Waals surface area (Å²) in [5.74, 6) is -0.167. The molecule has 1 heterocycles. The summed E-state index contributed by atoms with van der Waals surface area (Å²) in [5, 5.41) is 0. The standard InChI is InChI=1S/C22H20N4O4S/c1-26(14-15-5-3-2-4-6-15)21(27)16-7-9-17(10-8-16)25-31(29,30)18-11-12-19-20(13-18)24-22(28)23-19/h2-13,25H,14H2,1H3,(H2,23,24,28). The number of sulfonamides is 1. The Balaban J connectivity index is 1.48. The molecule has 1 aromatic heterocycles. The minimum atomic E-state index is -3.87. The number of carbonyl (C=O) groups is 1. The van der Waals surface area contributed by atoms with Crippen molar-refractivity contribution in [3.8, 4) is 0 Å². The van der Waals surface area contributed by atoms with Gasteiger partial charge in [0.1, 0.15) is 0 Å². The number of aromatic nitrogens is 2. The monoisotopic (exact) mass is 436 g/mol. The third-order valence-electron chi connectivity index (χ3n) is 4.79. The molecule has 1 amide bonds. The van der Waals surface area contributed by atoms with Gasteiger partial charge in [0.2, 0.25) is 0 Å². The summed E-state index contributed by atoms with van der Waals surface area (Å²) in [4.78, 5) is 30.7. The molecular weight excluding hydrogens is 416 g/mol. The Bertz CT molecular complexity index is 1390. The van der Waals surface area contributed by atoms with Crippen LogP contribution >= 0.6 is 0 Å². The van der Waals surface area contributed by atoms with Crippen LogP contribution in [-0.4, -0.2) is 36.2 Å². The number of carbonyl (C=O) groups excluding carboxylic acids is 1. The van der Waals surface area contributed by atoms with Crippen LogP contribution in [-0.2, 0) is 16.6 Å². The molecule has 0 fully saturated rings. The van der Waals surface area contributed by atoms with E-state index in [1.54, 1.807) is 24.1 Å². The lowest BCUT2D eigenvalue weighted by Gasteiger charge is -2.17. The maximum Gasteiger partial charge on any atom is 0.323 e. The molecule has 9 heteroatoms. The van der Waals surface area contributed by atoms with Gasteiger partial charge in [-0.15, -0.1) is 0 Å². The van der Waals surface area contributed by atoms with Crippen LogP contribution in [0.5, 0.6) is 0 Å². The molecule has 8 nitrogen and oxygen atoms in total. The number of amides is 1. The van der Waals surface area contributed by atoms with Crippen LogP contribution in [0, 0.1) is 0 Å². The molecule has 0 saturated carbocycles. The highest BCUT2D eigenvalue weighted by molar-refractivity contribution is 7.92. The Morgan fingerprint density at radius 2 is 1.61 bits per heavy atom. The Labute approximate surface area is 178 Å². The van der Waals surface area contributed by atoms with Crippen molar-refractivity contribution in [1.29, 1.82) is 0 Å². The predicted octanol–water partition coefficient (Wildman–Crippen LogP) is 2.93. The molecular formula is C22H20N4O4S. The van der Waals surface area contributed by atoms with Gasteiger partial charge in [-0.05, 0) is 48.0 Å². The van der Waals surface area contributed by atoms with Crippen LogP contribution < -0.4 is 10.4 Å². The minimum absolute atomic E-state index is 0.0120. The zero-order valence-electron chi connectivity index (χ0n) is 16.6. The molecule has 4 aromatic rings. The van der Waals surface area contributed by atoms with Gasteiger partial charge in [-0.3, -0.25) is 9.52 Å². The molecule has 0 aliphatic carbocycles. The number of nitrogens with zero attached hydrogens (tertiary/aromatic N) is 1. The van der Waals surface area contributed by atoms with Crippen molar-refractivity contribution in [2.75, 3.05) is 11.8 Å². The highest BCUT2D eigenvalue weighted by Crippen LogP contribution is 2.20. The highest BCUT2D eigenvalue weighted by atomic mass is 32.2. The summed E-state index contributed by atoms with van der Waals surface area (Å²) >= 11 is 0. The van der Waals surface area contributed by atoms with Gasteiger partial charge in [0.05, 0.1) is 15.9 Å². The molecule has 0 aliphatic rings. The predicted molar refractivity (Wildman–Crippen MR) is 118 cm³/mol. The van der Waals surface area contributed by atoms with Gasteiger partial charge in [-0.2, -0.15) is 0 Å². The van der Waals surface area contributed by atoms with E-state index in [-0.39, 0.29) is 10.8 Å². The fourth-order valence-electron chi connectivity index (χ4n) is 3.22. The topological polar surface area (TPSA) is 115 Å². The van der Waals surface area contributed by atoms with Crippen molar-refractivity contribution >= 4 is 32.7 Å². The first-order chi connectivity index (χ1) is 14.8. The van der Waals surface area contributed by atoms with Gasteiger partial charge in [-0.1, -0.05) is 30.3 Å². The van der Waals surface area contributed by atoms with E-state index < -0.39 is 15.7 Å². The molecule has 0 atom stereocenters. The van der Waals surface area contributed by atoms with E-state index in [1.165, 1.54) is 30.3 Å². The molecule has 0 unspecified atom stereocenters. The van der Waals surface area contributed by atoms with Crippen molar-refractivity contribution < 1.29 is 13.2 Å². The smallest absolute Gasteiger partial charge is 0.323 e. The third-order valence-corrected chi connectivity index (χ3v) is 6.17. The zero-order valence-corrected chi connectivity index (χ0v) is 17.4. The molecule has 3 N–H and O–H groups in total. The molecule has 0 radical (unpaired) electrons. The highest BCUT2D eigenvalue weighted by Gasteiger charge is 2.17. The zero-order chi connectivity index (χ0) is 22.0. The fraction of sp³-hybridized carbons (Fsp3) is 0.0909. The molecule has 158 valence electrons. The lowest BCUT2D eigenvalue weighted by Crippen LogP contribution is -2.26. The Kier molecular flexibility index (Phi) is 5.35. The second-order valence-corrected chi connectivity index (χ2v) is 8.80. The summed E-state index contributed by atoms with van der Waals surface area (Å²) in [7, 11) is -2.15. The van der Waals surface area contributed by atoms with Crippen LogP contribution in [0.25, 0.3) is 11.0 Å². The molecule has 0 spiro atoms. The molecule has 4 rings (SSSR count). The van der Waals surface area contributed by atoms with E-state index >= 15 is 0 Å². The second kappa shape index (κ2) is 8.11. The molecule has 0 bridgehead atoms. The van der Waals surface area contributed by atoms with Crippen molar-refractivity contribution in [3.05, 3.63) is 94.4 Å². The summed E-state index contributed by atoms with van der Waals surface area (Å²) in [5.41, 5.74) is 2.30. The number of nitrogens with one attached hydrogen (secondary N) is 3. The summed E-state index contributed by atoms with van der Waals surface area (Å²) < 4.78 is 27.9. The number of imidazole rings is 1. The minimum Gasteiger partial charge on any atom is -0.337 e. The average molecular weight is 436 g/mol. The molecule has 0 aliphatic heterocycles. The SMILES string of the molecule is CN(Cc1ccccc1)C(=O)c1ccc(NS(=O)(=O)c2ccc3[nH]c(=O)[nH]c3c2)cc1. The Hall–Kier alpha value is -3.85. The van der Waals surface area contributed by atoms with Gasteiger partial charge in [0, 0.05) is 24.8 Å². The van der Waals surface area contributed by atoms with Crippen LogP contribution in [0.1, 0.15) is 15.9 Å². The summed E-state index contributed by atoms with van der Waals surface area (Å²) in [6.45, 7) is 0.470. The van der Waals surface area contributed by atoms with Gasteiger partial charge >= 0.3 is 5.69 Å². The van der Waals surface area contributed by atoms with Crippen LogP contribution in [0.2, 0.25) is 0 Å². The van der Waals surface area contributed by atoms with Gasteiger partial charge in [0.15, 0.2) is 0 Å². The number of H-pyrrole nitrogens is 2. The summed E-state index contributed by atoms with van der Waals surface area (Å²) in [6.07, 6.45) is 0. The van der Waals surface area contributed by atoms with E-state index in [9.17, 15) is 18.0 Å². The molecule has 0 saturated heterocycles. The van der Waals surface area contributed by atoms with Crippen molar-refractivity contribution in [1.82, 2.24) is 14.9 Å².